The molecule has 1 aromatic heterocycles. The van der Waals surface area contributed by atoms with Crippen molar-refractivity contribution in [3.05, 3.63) is 48.7 Å². The van der Waals surface area contributed by atoms with Gasteiger partial charge in [-0.05, 0) is 39.8 Å². The third-order valence-corrected chi connectivity index (χ3v) is 3.83. The van der Waals surface area contributed by atoms with Gasteiger partial charge in [-0.1, -0.05) is 35.8 Å². The number of hydrogen-bond donors (Lipinski definition) is 1. The first-order valence-corrected chi connectivity index (χ1v) is 7.04. The van der Waals surface area contributed by atoms with Crippen LogP contribution in [-0.4, -0.2) is 28.8 Å². The lowest BCUT2D eigenvalue weighted by molar-refractivity contribution is -0.0893. The van der Waals surface area contributed by atoms with Crippen molar-refractivity contribution in [2.75, 3.05) is 0 Å². The molecular weight excluding hydrogens is 261 g/mol. The molecule has 0 saturated heterocycles. The van der Waals surface area contributed by atoms with E-state index in [2.05, 4.69) is 4.98 Å². The number of hydrogen-bond acceptors (Lipinski definition) is 3. The summed E-state index contributed by atoms with van der Waals surface area (Å²) < 4.78 is 5.73. The number of pyridine rings is 1. The Balaban J connectivity index is 2.04. The summed E-state index contributed by atoms with van der Waals surface area (Å²) in [5.41, 5.74) is 1.38. The van der Waals surface area contributed by atoms with Gasteiger partial charge in [-0.3, -0.25) is 4.98 Å². The Hall–Kier alpha value is -1.65. The van der Waals surface area contributed by atoms with Crippen molar-refractivity contribution in [2.24, 2.45) is 0 Å². The van der Waals surface area contributed by atoms with Gasteiger partial charge in [0.25, 0.3) is 0 Å². The molecule has 0 atom stereocenters. The van der Waals surface area contributed by atoms with Gasteiger partial charge in [-0.15, -0.1) is 0 Å². The van der Waals surface area contributed by atoms with Crippen LogP contribution in [0.15, 0.2) is 48.7 Å². The first-order chi connectivity index (χ1) is 9.79. The van der Waals surface area contributed by atoms with Gasteiger partial charge < -0.3 is 9.76 Å². The van der Waals surface area contributed by atoms with Gasteiger partial charge >= 0.3 is 7.48 Å². The highest BCUT2D eigenvalue weighted by Gasteiger charge is 2.35. The van der Waals surface area contributed by atoms with Crippen LogP contribution in [0, 0.1) is 0 Å². The number of aliphatic hydroxyl groups is 1. The lowest BCUT2D eigenvalue weighted by Gasteiger charge is -2.37. The van der Waals surface area contributed by atoms with Gasteiger partial charge in [0.1, 0.15) is 0 Å². The second-order valence-electron chi connectivity index (χ2n) is 6.14. The van der Waals surface area contributed by atoms with Crippen LogP contribution in [0.25, 0.3) is 11.3 Å². The molecule has 109 valence electrons. The average Bonchev–Trinajstić information content (AvgIpc) is 2.45. The Morgan fingerprint density at radius 1 is 1.00 bits per heavy atom. The van der Waals surface area contributed by atoms with E-state index in [1.807, 2.05) is 56.3 Å². The van der Waals surface area contributed by atoms with E-state index in [9.17, 15) is 5.11 Å². The molecule has 0 aliphatic rings. The summed E-state index contributed by atoms with van der Waals surface area (Å²) in [7, 11) is 1.68. The first-order valence-electron chi connectivity index (χ1n) is 7.04. The van der Waals surface area contributed by atoms with Gasteiger partial charge in [0.05, 0.1) is 16.9 Å². The largest absolute Gasteiger partial charge is 0.427 e. The summed E-state index contributed by atoms with van der Waals surface area (Å²) in [6, 6.07) is 13.8. The average molecular weight is 282 g/mol. The lowest BCUT2D eigenvalue weighted by atomic mass is 9.82. The monoisotopic (exact) mass is 282 g/mol. The summed E-state index contributed by atoms with van der Waals surface area (Å²) in [6.07, 6.45) is 1.78. The van der Waals surface area contributed by atoms with E-state index in [4.69, 9.17) is 4.65 Å². The maximum absolute atomic E-state index is 10.1. The van der Waals surface area contributed by atoms with Crippen LogP contribution >= 0.6 is 0 Å². The third-order valence-electron chi connectivity index (χ3n) is 3.83. The Morgan fingerprint density at radius 2 is 1.67 bits per heavy atom. The molecule has 1 aromatic carbocycles. The Kier molecular flexibility index (Phi) is 4.50. The summed E-state index contributed by atoms with van der Waals surface area (Å²) in [5, 5.41) is 10.1. The first kappa shape index (κ1) is 15.7. The highest BCUT2D eigenvalue weighted by molar-refractivity contribution is 6.47. The molecule has 2 aromatic rings. The van der Waals surface area contributed by atoms with Crippen molar-refractivity contribution in [1.82, 2.24) is 4.98 Å². The van der Waals surface area contributed by atoms with E-state index in [1.54, 1.807) is 27.5 Å². The predicted molar refractivity (Wildman–Crippen MR) is 86.5 cm³/mol. The summed E-state index contributed by atoms with van der Waals surface area (Å²) in [4.78, 5) is 4.32. The second-order valence-corrected chi connectivity index (χ2v) is 6.14. The molecule has 0 unspecified atom stereocenters. The van der Waals surface area contributed by atoms with Crippen molar-refractivity contribution >= 4 is 12.9 Å². The van der Waals surface area contributed by atoms with Crippen LogP contribution in [-0.2, 0) is 4.65 Å². The fourth-order valence-electron chi connectivity index (χ4n) is 1.63. The van der Waals surface area contributed by atoms with E-state index in [0.717, 1.165) is 16.7 Å². The molecule has 0 spiro atoms. The van der Waals surface area contributed by atoms with Gasteiger partial charge in [0.2, 0.25) is 0 Å². The molecule has 21 heavy (non-hydrogen) atoms. The molecule has 1 heterocycles. The van der Waals surface area contributed by atoms with Gasteiger partial charge in [0.15, 0.2) is 0 Å². The highest BCUT2D eigenvalue weighted by atomic mass is 16.5. The molecule has 0 aliphatic carbocycles. The fourth-order valence-corrected chi connectivity index (χ4v) is 1.63. The van der Waals surface area contributed by atoms with Crippen molar-refractivity contribution in [3.8, 4) is 11.3 Å². The Bertz CT molecular complexity index is 574. The normalized spacial score (nSPS) is 12.2. The molecule has 0 aliphatic heterocycles. The SMILES string of the molecule is CC(C)(O)C(C)(C)O[B]c1ccc(-c2ccccn2)cc1. The number of aromatic nitrogens is 1. The number of nitrogens with zero attached hydrogens (tertiary/aromatic N) is 1. The van der Waals surface area contributed by atoms with Crippen molar-refractivity contribution < 1.29 is 9.76 Å². The minimum atomic E-state index is -0.919. The smallest absolute Gasteiger partial charge is 0.330 e. The van der Waals surface area contributed by atoms with E-state index >= 15 is 0 Å². The van der Waals surface area contributed by atoms with Crippen molar-refractivity contribution in [3.63, 3.8) is 0 Å². The third kappa shape index (κ3) is 3.93. The molecule has 0 saturated carbocycles. The van der Waals surface area contributed by atoms with E-state index in [1.165, 1.54) is 0 Å². The van der Waals surface area contributed by atoms with E-state index in [-0.39, 0.29) is 0 Å². The fraction of sp³-hybridized carbons (Fsp3) is 0.353. The minimum absolute atomic E-state index is 0.660. The standard InChI is InChI=1S/C17H21BNO2/c1-16(2,20)17(3,4)21-18-14-10-8-13(9-11-14)15-7-5-6-12-19-15/h5-12,20H,1-4H3. The topological polar surface area (TPSA) is 42.4 Å². The molecule has 1 N–H and O–H groups in total. The van der Waals surface area contributed by atoms with Crippen LogP contribution in [0.3, 0.4) is 0 Å². The Morgan fingerprint density at radius 3 is 2.19 bits per heavy atom. The second kappa shape index (κ2) is 6.00. The predicted octanol–water partition coefficient (Wildman–Crippen LogP) is 2.56. The van der Waals surface area contributed by atoms with Crippen LogP contribution < -0.4 is 5.46 Å². The van der Waals surface area contributed by atoms with Gasteiger partial charge in [0, 0.05) is 11.8 Å². The summed E-state index contributed by atoms with van der Waals surface area (Å²) in [6.45, 7) is 7.22. The van der Waals surface area contributed by atoms with Crippen LogP contribution in [0.2, 0.25) is 0 Å². The zero-order chi connectivity index (χ0) is 15.5. The Labute approximate surface area is 127 Å². The lowest BCUT2D eigenvalue weighted by Crippen LogP contribution is -2.49. The maximum atomic E-state index is 10.1. The van der Waals surface area contributed by atoms with Crippen LogP contribution in [0.5, 0.6) is 0 Å². The van der Waals surface area contributed by atoms with Gasteiger partial charge in [-0.25, -0.2) is 0 Å². The summed E-state index contributed by atoms with van der Waals surface area (Å²) >= 11 is 0. The molecular formula is C17H21BNO2. The zero-order valence-corrected chi connectivity index (χ0v) is 13.0. The molecule has 0 bridgehead atoms. The van der Waals surface area contributed by atoms with Crippen molar-refractivity contribution in [2.45, 2.75) is 38.9 Å². The maximum Gasteiger partial charge on any atom is 0.330 e. The van der Waals surface area contributed by atoms with Crippen LogP contribution in [0.1, 0.15) is 27.7 Å². The molecule has 3 nitrogen and oxygen atoms in total. The van der Waals surface area contributed by atoms with E-state index in [0.29, 0.717) is 0 Å². The molecule has 0 fully saturated rings. The molecule has 4 heteroatoms. The number of rotatable bonds is 5. The van der Waals surface area contributed by atoms with Crippen LogP contribution in [0.4, 0.5) is 0 Å². The number of benzene rings is 1. The highest BCUT2D eigenvalue weighted by Crippen LogP contribution is 2.24. The van der Waals surface area contributed by atoms with E-state index < -0.39 is 11.2 Å². The zero-order valence-electron chi connectivity index (χ0n) is 13.0. The minimum Gasteiger partial charge on any atom is -0.427 e. The molecule has 0 amide bonds. The van der Waals surface area contributed by atoms with Gasteiger partial charge in [-0.2, -0.15) is 0 Å². The van der Waals surface area contributed by atoms with Crippen molar-refractivity contribution in [1.29, 1.82) is 0 Å². The quantitative estimate of drug-likeness (QED) is 0.857. The molecule has 2 rings (SSSR count). The molecule has 1 radical (unpaired) electrons. The summed E-state index contributed by atoms with van der Waals surface area (Å²) in [5.74, 6) is 0.